The molecule has 0 bridgehead atoms. The molecule has 90 valence electrons. The molecule has 0 aliphatic rings. The zero-order valence-electron chi connectivity index (χ0n) is 9.46. The van der Waals surface area contributed by atoms with E-state index in [2.05, 4.69) is 24.7 Å². The van der Waals surface area contributed by atoms with Gasteiger partial charge in [-0.05, 0) is 19.1 Å². The molecule has 0 fully saturated rings. The fourth-order valence-electron chi connectivity index (χ4n) is 1.25. The number of rotatable bonds is 2. The lowest BCUT2D eigenvalue weighted by Gasteiger charge is -1.89. The van der Waals surface area contributed by atoms with Gasteiger partial charge < -0.3 is 9.40 Å². The molecule has 4 nitrogen and oxygen atoms in total. The molecule has 0 amide bonds. The van der Waals surface area contributed by atoms with Gasteiger partial charge in [-0.2, -0.15) is 0 Å². The van der Waals surface area contributed by atoms with Crippen molar-refractivity contribution in [3.05, 3.63) is 59.0 Å². The third kappa shape index (κ3) is 3.88. The standard InChI is InChI=1S/C8H9N3S.C4H4O.H2/c1-6-4-12-8(11-6)2-7-3-9-5-10-7;1-2-4-5-3-1;/h3-5H,2H2,1H3,(H,9,10);1-4H;1H. The first-order chi connectivity index (χ1) is 8.34. The molecule has 0 radical (unpaired) electrons. The lowest BCUT2D eigenvalue weighted by molar-refractivity contribution is 0.567. The van der Waals surface area contributed by atoms with E-state index >= 15 is 0 Å². The molecule has 17 heavy (non-hydrogen) atoms. The van der Waals surface area contributed by atoms with Gasteiger partial charge >= 0.3 is 0 Å². The Balaban J connectivity index is 0.000000230. The second-order valence-electron chi connectivity index (χ2n) is 3.43. The van der Waals surface area contributed by atoms with E-state index in [0.717, 1.165) is 22.8 Å². The van der Waals surface area contributed by atoms with Crippen molar-refractivity contribution in [3.63, 3.8) is 0 Å². The van der Waals surface area contributed by atoms with Crippen LogP contribution in [0.2, 0.25) is 0 Å². The number of hydrogen-bond acceptors (Lipinski definition) is 4. The zero-order chi connectivity index (χ0) is 11.9. The Bertz CT molecular complexity index is 502. The second kappa shape index (κ2) is 6.00. The maximum Gasteiger partial charge on any atom is 0.0987 e. The summed E-state index contributed by atoms with van der Waals surface area (Å²) in [5.74, 6) is 0. The molecule has 3 heterocycles. The molecule has 0 unspecified atom stereocenters. The average molecular weight is 249 g/mol. The average Bonchev–Trinajstić information content (AvgIpc) is 3.02. The summed E-state index contributed by atoms with van der Waals surface area (Å²) < 4.78 is 4.58. The third-order valence-corrected chi connectivity index (χ3v) is 2.96. The van der Waals surface area contributed by atoms with E-state index in [4.69, 9.17) is 0 Å². The molecular formula is C12H15N3OS. The molecule has 0 aliphatic carbocycles. The van der Waals surface area contributed by atoms with Gasteiger partial charge in [0.2, 0.25) is 0 Å². The number of H-pyrrole nitrogens is 1. The molecule has 3 rings (SSSR count). The summed E-state index contributed by atoms with van der Waals surface area (Å²) in [7, 11) is 0. The number of imidazole rings is 1. The minimum atomic E-state index is 0. The summed E-state index contributed by atoms with van der Waals surface area (Å²) in [5, 5.41) is 3.20. The number of nitrogens with one attached hydrogen (secondary N) is 1. The Morgan fingerprint density at radius 2 is 2.24 bits per heavy atom. The van der Waals surface area contributed by atoms with Crippen LogP contribution in [0.1, 0.15) is 17.8 Å². The first kappa shape index (κ1) is 11.6. The van der Waals surface area contributed by atoms with Gasteiger partial charge in [0.05, 0.1) is 23.9 Å². The van der Waals surface area contributed by atoms with Crippen LogP contribution in [-0.4, -0.2) is 15.0 Å². The van der Waals surface area contributed by atoms with E-state index in [1.54, 1.807) is 30.2 Å². The highest BCUT2D eigenvalue weighted by atomic mass is 32.1. The predicted molar refractivity (Wildman–Crippen MR) is 69.1 cm³/mol. The van der Waals surface area contributed by atoms with Crippen LogP contribution in [-0.2, 0) is 6.42 Å². The van der Waals surface area contributed by atoms with E-state index in [1.165, 1.54) is 0 Å². The smallest absolute Gasteiger partial charge is 0.0987 e. The number of aromatic amines is 1. The fraction of sp³-hybridized carbons (Fsp3) is 0.167. The van der Waals surface area contributed by atoms with Crippen molar-refractivity contribution in [1.82, 2.24) is 15.0 Å². The Morgan fingerprint density at radius 1 is 1.41 bits per heavy atom. The number of thiazole rings is 1. The highest BCUT2D eigenvalue weighted by molar-refractivity contribution is 7.09. The predicted octanol–water partition coefficient (Wildman–Crippen LogP) is 3.29. The summed E-state index contributed by atoms with van der Waals surface area (Å²) >= 11 is 1.69. The number of furan rings is 1. The first-order valence-corrected chi connectivity index (χ1v) is 6.08. The molecule has 1 N–H and O–H groups in total. The van der Waals surface area contributed by atoms with Crippen LogP contribution >= 0.6 is 11.3 Å². The minimum Gasteiger partial charge on any atom is -0.473 e. The summed E-state index contributed by atoms with van der Waals surface area (Å²) in [6.07, 6.45) is 7.63. The number of aryl methyl sites for hydroxylation is 1. The number of nitrogens with zero attached hydrogens (tertiary/aromatic N) is 2. The van der Waals surface area contributed by atoms with Crippen molar-refractivity contribution in [2.45, 2.75) is 13.3 Å². The largest absolute Gasteiger partial charge is 0.473 e. The highest BCUT2D eigenvalue weighted by Crippen LogP contribution is 2.12. The Labute approximate surface area is 105 Å². The Morgan fingerprint density at radius 3 is 2.71 bits per heavy atom. The Hall–Kier alpha value is -1.88. The van der Waals surface area contributed by atoms with Gasteiger partial charge in [-0.1, -0.05) is 0 Å². The molecule has 3 aromatic rings. The van der Waals surface area contributed by atoms with E-state index in [0.29, 0.717) is 0 Å². The van der Waals surface area contributed by atoms with Crippen LogP contribution in [0.5, 0.6) is 0 Å². The molecule has 0 aromatic carbocycles. The summed E-state index contributed by atoms with van der Waals surface area (Å²) in [4.78, 5) is 11.4. The topological polar surface area (TPSA) is 54.7 Å². The van der Waals surface area contributed by atoms with Gasteiger partial charge in [-0.15, -0.1) is 11.3 Å². The van der Waals surface area contributed by atoms with Gasteiger partial charge in [0.1, 0.15) is 0 Å². The van der Waals surface area contributed by atoms with Crippen molar-refractivity contribution in [3.8, 4) is 0 Å². The molecule has 0 spiro atoms. The molecule has 3 aromatic heterocycles. The molecular weight excluding hydrogens is 234 g/mol. The van der Waals surface area contributed by atoms with E-state index in [9.17, 15) is 0 Å². The first-order valence-electron chi connectivity index (χ1n) is 5.20. The van der Waals surface area contributed by atoms with Crippen molar-refractivity contribution < 1.29 is 5.84 Å². The van der Waals surface area contributed by atoms with Crippen molar-refractivity contribution in [1.29, 1.82) is 0 Å². The highest BCUT2D eigenvalue weighted by Gasteiger charge is 2.00. The van der Waals surface area contributed by atoms with Gasteiger partial charge in [0.25, 0.3) is 0 Å². The van der Waals surface area contributed by atoms with Gasteiger partial charge in [-0.25, -0.2) is 9.97 Å². The van der Waals surface area contributed by atoms with Gasteiger partial charge in [-0.3, -0.25) is 0 Å². The summed E-state index contributed by atoms with van der Waals surface area (Å²) in [6, 6.07) is 3.67. The molecule has 0 saturated carbocycles. The van der Waals surface area contributed by atoms with Crippen LogP contribution in [0.3, 0.4) is 0 Å². The van der Waals surface area contributed by atoms with Crippen LogP contribution in [0.15, 0.2) is 47.0 Å². The molecule has 0 atom stereocenters. The SMILES string of the molecule is Cc1csc(Cc2cnc[nH]2)n1.[HH].c1ccoc1. The van der Waals surface area contributed by atoms with Gasteiger partial charge in [0, 0.05) is 30.8 Å². The maximum absolute atomic E-state index is 4.58. The fourth-order valence-corrected chi connectivity index (χ4v) is 2.05. The maximum atomic E-state index is 4.58. The monoisotopic (exact) mass is 249 g/mol. The number of aromatic nitrogens is 3. The minimum absolute atomic E-state index is 0. The van der Waals surface area contributed by atoms with E-state index in [-0.39, 0.29) is 1.43 Å². The van der Waals surface area contributed by atoms with Crippen molar-refractivity contribution >= 4 is 11.3 Å². The van der Waals surface area contributed by atoms with Crippen LogP contribution in [0.4, 0.5) is 0 Å². The van der Waals surface area contributed by atoms with E-state index in [1.807, 2.05) is 25.3 Å². The summed E-state index contributed by atoms with van der Waals surface area (Å²) in [5.41, 5.74) is 2.21. The normalized spacial score (nSPS) is 9.71. The van der Waals surface area contributed by atoms with Crippen molar-refractivity contribution in [2.24, 2.45) is 0 Å². The number of hydrogen-bond donors (Lipinski definition) is 1. The van der Waals surface area contributed by atoms with Crippen molar-refractivity contribution in [2.75, 3.05) is 0 Å². The molecule has 0 aliphatic heterocycles. The lowest BCUT2D eigenvalue weighted by atomic mass is 10.3. The van der Waals surface area contributed by atoms with Gasteiger partial charge in [0.15, 0.2) is 0 Å². The Kier molecular flexibility index (Phi) is 4.10. The van der Waals surface area contributed by atoms with E-state index < -0.39 is 0 Å². The molecule has 0 saturated heterocycles. The molecule has 5 heteroatoms. The van der Waals surface area contributed by atoms with Crippen LogP contribution in [0, 0.1) is 6.92 Å². The summed E-state index contributed by atoms with van der Waals surface area (Å²) in [6.45, 7) is 2.01. The third-order valence-electron chi connectivity index (χ3n) is 1.99. The van der Waals surface area contributed by atoms with Crippen LogP contribution in [0.25, 0.3) is 0 Å². The zero-order valence-corrected chi connectivity index (χ0v) is 10.3. The second-order valence-corrected chi connectivity index (χ2v) is 4.37. The quantitative estimate of drug-likeness (QED) is 0.758. The van der Waals surface area contributed by atoms with Crippen LogP contribution < -0.4 is 0 Å². The lowest BCUT2D eigenvalue weighted by Crippen LogP contribution is -1.86.